The van der Waals surface area contributed by atoms with Crippen LogP contribution in [0, 0.1) is 0 Å². The predicted molar refractivity (Wildman–Crippen MR) is 115 cm³/mol. The molecule has 0 aliphatic heterocycles. The molecular weight excluding hydrogens is 413 g/mol. The normalized spacial score (nSPS) is 11.9. The number of hydrogen-bond donors (Lipinski definition) is 1. The number of hydrogen-bond acceptors (Lipinski definition) is 3. The van der Waals surface area contributed by atoms with E-state index < -0.39 is 0 Å². The highest BCUT2D eigenvalue weighted by molar-refractivity contribution is 7.02. The van der Waals surface area contributed by atoms with Crippen molar-refractivity contribution in [1.82, 2.24) is 8.94 Å². The molecule has 0 bridgehead atoms. The first-order valence-corrected chi connectivity index (χ1v) is 10.1. The van der Waals surface area contributed by atoms with E-state index in [9.17, 15) is 4.79 Å². The van der Waals surface area contributed by atoms with Crippen molar-refractivity contribution in [3.8, 4) is 0 Å². The molecule has 1 heterocycles. The Kier molecular flexibility index (Phi) is 5.48. The van der Waals surface area contributed by atoms with Crippen LogP contribution >= 0.6 is 34.7 Å². The maximum atomic E-state index is 12.8. The van der Waals surface area contributed by atoms with Crippen LogP contribution in [0.3, 0.4) is 0 Å². The van der Waals surface area contributed by atoms with E-state index >= 15 is 0 Å². The Hall–Kier alpha value is -2.60. The van der Waals surface area contributed by atoms with Gasteiger partial charge in [0, 0.05) is 0 Å². The molecule has 0 unspecified atom stereocenters. The van der Waals surface area contributed by atoms with Gasteiger partial charge in [-0.15, -0.1) is 0 Å². The molecule has 0 spiro atoms. The van der Waals surface area contributed by atoms with Gasteiger partial charge in [-0.3, -0.25) is 8.94 Å². The third kappa shape index (κ3) is 3.83. The first-order chi connectivity index (χ1) is 13.6. The molecule has 0 saturated heterocycles. The van der Waals surface area contributed by atoms with E-state index in [1.165, 1.54) is 11.5 Å². The molecule has 28 heavy (non-hydrogen) atoms. The molecule has 140 valence electrons. The molecule has 0 aliphatic rings. The van der Waals surface area contributed by atoms with Gasteiger partial charge in [0.25, 0.3) is 0 Å². The Morgan fingerprint density at radius 1 is 0.857 bits per heavy atom. The summed E-state index contributed by atoms with van der Waals surface area (Å²) in [5, 5.41) is 0.877. The van der Waals surface area contributed by atoms with Crippen LogP contribution in [0.5, 0.6) is 0 Å². The van der Waals surface area contributed by atoms with E-state index in [0.29, 0.717) is 20.5 Å². The fourth-order valence-electron chi connectivity index (χ4n) is 3.01. The molecule has 0 radical (unpaired) electrons. The van der Waals surface area contributed by atoms with Crippen molar-refractivity contribution in [1.29, 1.82) is 0 Å². The van der Waals surface area contributed by atoms with Crippen molar-refractivity contribution in [2.24, 2.45) is 4.99 Å². The summed E-state index contributed by atoms with van der Waals surface area (Å²) in [6, 6.07) is 24.6. The van der Waals surface area contributed by atoms with Crippen molar-refractivity contribution in [3.05, 3.63) is 115 Å². The average Bonchev–Trinajstić information content (AvgIpc) is 3.07. The third-order valence-corrected chi connectivity index (χ3v) is 5.76. The highest BCUT2D eigenvalue weighted by atomic mass is 35.5. The molecule has 1 N–H and O–H groups in total. The van der Waals surface area contributed by atoms with Gasteiger partial charge < -0.3 is 0 Å². The monoisotopic (exact) mass is 427 g/mol. The molecule has 4 rings (SSSR count). The molecule has 1 aromatic heterocycles. The molecular formula is C21H15Cl2N3OS. The van der Waals surface area contributed by atoms with E-state index in [1.807, 2.05) is 60.7 Å². The van der Waals surface area contributed by atoms with E-state index in [4.69, 9.17) is 23.2 Å². The summed E-state index contributed by atoms with van der Waals surface area (Å²) in [7, 11) is 0. The van der Waals surface area contributed by atoms with Crippen LogP contribution in [0.1, 0.15) is 17.2 Å². The Bertz CT molecular complexity index is 1170. The van der Waals surface area contributed by atoms with Crippen LogP contribution in [0.4, 0.5) is 5.69 Å². The molecule has 4 aromatic rings. The van der Waals surface area contributed by atoms with Gasteiger partial charge >= 0.3 is 5.69 Å². The van der Waals surface area contributed by atoms with Gasteiger partial charge in [0.1, 0.15) is 0 Å². The number of nitrogens with one attached hydrogen (secondary N) is 1. The SMILES string of the molecule is O=c1[nH]s/c(=N\c2ccc(Cl)c(Cl)c2)n1C(c1ccccc1)c1ccccc1. The number of benzene rings is 3. The maximum Gasteiger partial charge on any atom is 0.338 e. The van der Waals surface area contributed by atoms with Gasteiger partial charge in [0.2, 0.25) is 4.80 Å². The summed E-state index contributed by atoms with van der Waals surface area (Å²) < 4.78 is 4.46. The van der Waals surface area contributed by atoms with Gasteiger partial charge in [0.05, 0.1) is 21.8 Å². The average molecular weight is 428 g/mol. The zero-order valence-electron chi connectivity index (χ0n) is 14.5. The van der Waals surface area contributed by atoms with Crippen molar-refractivity contribution >= 4 is 40.4 Å². The molecule has 3 aromatic carbocycles. The minimum absolute atomic E-state index is 0.221. The lowest BCUT2D eigenvalue weighted by Gasteiger charge is -2.18. The molecule has 7 heteroatoms. The summed E-state index contributed by atoms with van der Waals surface area (Å²) >= 11 is 13.3. The van der Waals surface area contributed by atoms with Gasteiger partial charge in [-0.05, 0) is 40.9 Å². The summed E-state index contributed by atoms with van der Waals surface area (Å²) in [5.74, 6) is 0. The van der Waals surface area contributed by atoms with Crippen molar-refractivity contribution in [3.63, 3.8) is 0 Å². The second kappa shape index (κ2) is 8.19. The summed E-state index contributed by atoms with van der Waals surface area (Å²) in [6.07, 6.45) is 0. The topological polar surface area (TPSA) is 50.1 Å². The number of H-pyrrole nitrogens is 1. The van der Waals surface area contributed by atoms with E-state index in [0.717, 1.165) is 11.1 Å². The fourth-order valence-corrected chi connectivity index (χ4v) is 4.01. The van der Waals surface area contributed by atoms with Gasteiger partial charge in [-0.1, -0.05) is 83.9 Å². The molecule has 0 amide bonds. The number of rotatable bonds is 4. The number of halogens is 2. The van der Waals surface area contributed by atoms with E-state index in [-0.39, 0.29) is 11.7 Å². The predicted octanol–water partition coefficient (Wildman–Crippen LogP) is 5.41. The van der Waals surface area contributed by atoms with Gasteiger partial charge in [-0.25, -0.2) is 9.79 Å². The number of aromatic amines is 1. The fraction of sp³-hybridized carbons (Fsp3) is 0.0476. The minimum Gasteiger partial charge on any atom is -0.259 e. The first kappa shape index (κ1) is 18.7. The van der Waals surface area contributed by atoms with Crippen molar-refractivity contribution < 1.29 is 0 Å². The Labute approximate surface area is 175 Å². The molecule has 0 saturated carbocycles. The smallest absolute Gasteiger partial charge is 0.259 e. The molecule has 0 atom stereocenters. The number of aromatic nitrogens is 2. The second-order valence-corrected chi connectivity index (χ2v) is 7.68. The van der Waals surface area contributed by atoms with E-state index in [1.54, 1.807) is 22.8 Å². The lowest BCUT2D eigenvalue weighted by Crippen LogP contribution is -2.32. The Morgan fingerprint density at radius 3 is 2.04 bits per heavy atom. The van der Waals surface area contributed by atoms with Crippen molar-refractivity contribution in [2.75, 3.05) is 0 Å². The van der Waals surface area contributed by atoms with Crippen LogP contribution in [-0.4, -0.2) is 8.94 Å². The summed E-state index contributed by atoms with van der Waals surface area (Å²) in [5.41, 5.74) is 2.39. The summed E-state index contributed by atoms with van der Waals surface area (Å²) in [6.45, 7) is 0. The van der Waals surface area contributed by atoms with Crippen LogP contribution in [0.15, 0.2) is 88.6 Å². The minimum atomic E-state index is -0.307. The third-order valence-electron chi connectivity index (χ3n) is 4.27. The van der Waals surface area contributed by atoms with Crippen LogP contribution < -0.4 is 10.5 Å². The van der Waals surface area contributed by atoms with Crippen LogP contribution in [0.2, 0.25) is 10.0 Å². The molecule has 0 aliphatic carbocycles. The maximum absolute atomic E-state index is 12.8. The number of nitrogens with zero attached hydrogens (tertiary/aromatic N) is 2. The second-order valence-electron chi connectivity index (χ2n) is 6.10. The Morgan fingerprint density at radius 2 is 1.46 bits per heavy atom. The standard InChI is InChI=1S/C21H15Cl2N3OS/c22-17-12-11-16(13-18(17)23)24-21-26(20(27)25-28-21)19(14-7-3-1-4-8-14)15-9-5-2-6-10-15/h1-13,19H,(H,25,27)/b24-21-. The Balaban J connectivity index is 1.93. The first-order valence-electron chi connectivity index (χ1n) is 8.53. The quantitative estimate of drug-likeness (QED) is 0.464. The highest BCUT2D eigenvalue weighted by Gasteiger charge is 2.20. The highest BCUT2D eigenvalue weighted by Crippen LogP contribution is 2.27. The van der Waals surface area contributed by atoms with E-state index in [2.05, 4.69) is 9.37 Å². The van der Waals surface area contributed by atoms with Crippen LogP contribution in [-0.2, 0) is 0 Å². The largest absolute Gasteiger partial charge is 0.338 e. The van der Waals surface area contributed by atoms with Gasteiger partial charge in [-0.2, -0.15) is 0 Å². The molecule has 4 nitrogen and oxygen atoms in total. The molecule has 0 fully saturated rings. The van der Waals surface area contributed by atoms with Crippen molar-refractivity contribution in [2.45, 2.75) is 6.04 Å². The lowest BCUT2D eigenvalue weighted by molar-refractivity contribution is 0.628. The summed E-state index contributed by atoms with van der Waals surface area (Å²) in [4.78, 5) is 17.9. The lowest BCUT2D eigenvalue weighted by atomic mass is 9.99. The van der Waals surface area contributed by atoms with Crippen LogP contribution in [0.25, 0.3) is 0 Å². The zero-order chi connectivity index (χ0) is 19.5. The van der Waals surface area contributed by atoms with Gasteiger partial charge in [0.15, 0.2) is 0 Å². The zero-order valence-corrected chi connectivity index (χ0v) is 16.9.